The number of nitrogens with zero attached hydrogens (tertiary/aromatic N) is 5. The van der Waals surface area contributed by atoms with Crippen LogP contribution in [-0.2, 0) is 13.1 Å². The number of rotatable bonds is 3. The van der Waals surface area contributed by atoms with Gasteiger partial charge in [0.25, 0.3) is 0 Å². The van der Waals surface area contributed by atoms with Gasteiger partial charge in [-0.1, -0.05) is 0 Å². The van der Waals surface area contributed by atoms with Crippen molar-refractivity contribution < 1.29 is 0 Å². The molecule has 0 saturated heterocycles. The van der Waals surface area contributed by atoms with Gasteiger partial charge in [0.2, 0.25) is 5.95 Å². The highest BCUT2D eigenvalue weighted by Gasteiger charge is 2.07. The molecule has 7 nitrogen and oxygen atoms in total. The molecule has 2 rings (SSSR count). The van der Waals surface area contributed by atoms with E-state index in [0.29, 0.717) is 17.3 Å². The van der Waals surface area contributed by atoms with Crippen molar-refractivity contribution >= 4 is 18.2 Å². The number of nitrogens with two attached hydrogens (primary N) is 1. The zero-order valence-corrected chi connectivity index (χ0v) is 9.03. The summed E-state index contributed by atoms with van der Waals surface area (Å²) >= 11 is 5.03. The van der Waals surface area contributed by atoms with Crippen molar-refractivity contribution in [2.24, 2.45) is 0 Å². The third kappa shape index (κ3) is 1.75. The van der Waals surface area contributed by atoms with Gasteiger partial charge in [0.1, 0.15) is 6.33 Å². The lowest BCUT2D eigenvalue weighted by atomic mass is 10.5. The summed E-state index contributed by atoms with van der Waals surface area (Å²) in [6, 6.07) is 0. The van der Waals surface area contributed by atoms with Crippen LogP contribution in [0.1, 0.15) is 12.7 Å². The molecule has 8 heteroatoms. The Kier molecular flexibility index (Phi) is 2.50. The fourth-order valence-electron chi connectivity index (χ4n) is 1.29. The Balaban J connectivity index is 2.33. The Labute approximate surface area is 90.9 Å². The third-order valence-corrected chi connectivity index (χ3v) is 2.44. The molecule has 15 heavy (non-hydrogen) atoms. The van der Waals surface area contributed by atoms with Gasteiger partial charge >= 0.3 is 0 Å². The molecule has 0 spiro atoms. The normalized spacial score (nSPS) is 10.7. The molecular formula is C7H11N7S. The summed E-state index contributed by atoms with van der Waals surface area (Å²) in [5, 5.41) is 14.3. The van der Waals surface area contributed by atoms with Crippen LogP contribution in [0.15, 0.2) is 6.33 Å². The maximum Gasteiger partial charge on any atom is 0.220 e. The minimum absolute atomic E-state index is 0.352. The first-order valence-electron chi connectivity index (χ1n) is 4.49. The monoisotopic (exact) mass is 225 g/mol. The predicted molar refractivity (Wildman–Crippen MR) is 56.6 cm³/mol. The summed E-state index contributed by atoms with van der Waals surface area (Å²) in [7, 11) is 0. The van der Waals surface area contributed by atoms with Gasteiger partial charge in [-0.2, -0.15) is 0 Å². The Hall–Kier alpha value is -1.70. The van der Waals surface area contributed by atoms with Gasteiger partial charge in [0.15, 0.2) is 10.6 Å². The fraction of sp³-hybridized carbons (Fsp3) is 0.429. The van der Waals surface area contributed by atoms with Crippen molar-refractivity contribution in [2.45, 2.75) is 20.0 Å². The van der Waals surface area contributed by atoms with Gasteiger partial charge in [-0.05, 0) is 19.1 Å². The third-order valence-electron chi connectivity index (χ3n) is 2.12. The highest BCUT2D eigenvalue weighted by atomic mass is 32.1. The number of hydrogen-bond donors (Lipinski definition) is 2. The Morgan fingerprint density at radius 3 is 3.00 bits per heavy atom. The number of nitrogen functional groups attached to an aromatic ring is 1. The lowest BCUT2D eigenvalue weighted by Crippen LogP contribution is -2.10. The van der Waals surface area contributed by atoms with Crippen LogP contribution in [0, 0.1) is 4.77 Å². The second-order valence-electron chi connectivity index (χ2n) is 3.01. The van der Waals surface area contributed by atoms with Crippen LogP contribution in [0.4, 0.5) is 5.95 Å². The predicted octanol–water partition coefficient (Wildman–Crippen LogP) is 0.183. The van der Waals surface area contributed by atoms with Crippen molar-refractivity contribution in [1.82, 2.24) is 29.5 Å². The SMILES string of the molecule is CCn1cnnc1Cn1c(N)n[nH]c1=S. The van der Waals surface area contributed by atoms with E-state index in [9.17, 15) is 0 Å². The maximum atomic E-state index is 5.65. The molecule has 0 unspecified atom stereocenters. The van der Waals surface area contributed by atoms with Gasteiger partial charge in [0.05, 0.1) is 6.54 Å². The van der Waals surface area contributed by atoms with E-state index in [4.69, 9.17) is 18.0 Å². The van der Waals surface area contributed by atoms with Gasteiger partial charge in [0, 0.05) is 6.54 Å². The number of aromatic nitrogens is 6. The Morgan fingerprint density at radius 2 is 2.40 bits per heavy atom. The van der Waals surface area contributed by atoms with E-state index in [2.05, 4.69) is 20.4 Å². The molecule has 0 aliphatic carbocycles. The van der Waals surface area contributed by atoms with Crippen LogP contribution >= 0.6 is 12.2 Å². The first kappa shape index (κ1) is 9.84. The molecule has 0 atom stereocenters. The number of hydrogen-bond acceptors (Lipinski definition) is 5. The molecule has 0 bridgehead atoms. The van der Waals surface area contributed by atoms with Gasteiger partial charge in [-0.15, -0.1) is 15.3 Å². The zero-order chi connectivity index (χ0) is 10.8. The van der Waals surface area contributed by atoms with Gasteiger partial charge < -0.3 is 10.3 Å². The van der Waals surface area contributed by atoms with E-state index in [1.165, 1.54) is 0 Å². The van der Waals surface area contributed by atoms with Gasteiger partial charge in [-0.25, -0.2) is 5.10 Å². The first-order valence-corrected chi connectivity index (χ1v) is 4.90. The topological polar surface area (TPSA) is 90.3 Å². The standard InChI is InChI=1S/C7H11N7S/c1-2-13-4-9-10-5(13)3-14-6(8)11-12-7(14)15/h4H,2-3H2,1H3,(H2,8,11)(H,12,15). The van der Waals surface area contributed by atoms with Crippen LogP contribution in [0.2, 0.25) is 0 Å². The molecule has 0 aliphatic heterocycles. The van der Waals surface area contributed by atoms with Crippen molar-refractivity contribution in [1.29, 1.82) is 0 Å². The second kappa shape index (κ2) is 3.81. The molecule has 2 aromatic rings. The minimum Gasteiger partial charge on any atom is -0.368 e. The van der Waals surface area contributed by atoms with Crippen LogP contribution < -0.4 is 5.73 Å². The van der Waals surface area contributed by atoms with Crippen molar-refractivity contribution in [2.75, 3.05) is 5.73 Å². The van der Waals surface area contributed by atoms with E-state index >= 15 is 0 Å². The molecule has 2 heterocycles. The molecule has 0 radical (unpaired) electrons. The van der Waals surface area contributed by atoms with E-state index in [0.717, 1.165) is 12.4 Å². The number of aromatic amines is 1. The fourth-order valence-corrected chi connectivity index (χ4v) is 1.49. The van der Waals surface area contributed by atoms with E-state index in [1.54, 1.807) is 10.9 Å². The van der Waals surface area contributed by atoms with Crippen molar-refractivity contribution in [3.05, 3.63) is 16.9 Å². The molecule has 0 aromatic carbocycles. The number of anilines is 1. The number of aryl methyl sites for hydroxylation is 1. The van der Waals surface area contributed by atoms with Gasteiger partial charge in [-0.3, -0.25) is 4.57 Å². The second-order valence-corrected chi connectivity index (χ2v) is 3.39. The molecular weight excluding hydrogens is 214 g/mol. The minimum atomic E-state index is 0.352. The molecule has 80 valence electrons. The van der Waals surface area contributed by atoms with Crippen molar-refractivity contribution in [3.63, 3.8) is 0 Å². The first-order chi connectivity index (χ1) is 7.22. The largest absolute Gasteiger partial charge is 0.368 e. The number of nitrogens with one attached hydrogen (secondary N) is 1. The van der Waals surface area contributed by atoms with Crippen LogP contribution in [0.5, 0.6) is 0 Å². The van der Waals surface area contributed by atoms with Crippen LogP contribution in [0.3, 0.4) is 0 Å². The summed E-state index contributed by atoms with van der Waals surface area (Å²) in [5.41, 5.74) is 5.65. The van der Waals surface area contributed by atoms with E-state index in [1.807, 2.05) is 11.5 Å². The van der Waals surface area contributed by atoms with Crippen LogP contribution in [0.25, 0.3) is 0 Å². The quantitative estimate of drug-likeness (QED) is 0.727. The highest BCUT2D eigenvalue weighted by molar-refractivity contribution is 7.71. The van der Waals surface area contributed by atoms with Crippen LogP contribution in [-0.4, -0.2) is 29.5 Å². The highest BCUT2D eigenvalue weighted by Crippen LogP contribution is 2.04. The van der Waals surface area contributed by atoms with E-state index < -0.39 is 0 Å². The average Bonchev–Trinajstić information content (AvgIpc) is 2.79. The maximum absolute atomic E-state index is 5.65. The zero-order valence-electron chi connectivity index (χ0n) is 8.21. The lowest BCUT2D eigenvalue weighted by molar-refractivity contribution is 0.650. The van der Waals surface area contributed by atoms with Crippen molar-refractivity contribution in [3.8, 4) is 0 Å². The molecule has 0 aliphatic rings. The molecule has 0 amide bonds. The summed E-state index contributed by atoms with van der Waals surface area (Å²) in [4.78, 5) is 0. The average molecular weight is 225 g/mol. The Bertz CT molecular complexity index is 507. The summed E-state index contributed by atoms with van der Waals surface area (Å²) in [6.07, 6.45) is 1.68. The summed E-state index contributed by atoms with van der Waals surface area (Å²) in [6.45, 7) is 3.31. The number of H-pyrrole nitrogens is 1. The summed E-state index contributed by atoms with van der Waals surface area (Å²) in [5.74, 6) is 1.16. The molecule has 2 aromatic heterocycles. The Morgan fingerprint density at radius 1 is 1.60 bits per heavy atom. The molecule has 0 saturated carbocycles. The molecule has 3 N–H and O–H groups in total. The molecule has 0 fully saturated rings. The summed E-state index contributed by atoms with van der Waals surface area (Å²) < 4.78 is 4.08. The smallest absolute Gasteiger partial charge is 0.220 e. The lowest BCUT2D eigenvalue weighted by Gasteiger charge is -2.04. The van der Waals surface area contributed by atoms with E-state index in [-0.39, 0.29) is 0 Å².